The number of ether oxygens (including phenoxy) is 2. The summed E-state index contributed by atoms with van der Waals surface area (Å²) in [5.74, 6) is 1.81. The largest absolute Gasteiger partial charge is 0.477 e. The monoisotopic (exact) mass is 289 g/mol. The SMILES string of the molecule is CCOc1nc(C)ccc1-c1nnc(C2CCCOC2)o1. The zero-order chi connectivity index (χ0) is 14.7. The van der Waals surface area contributed by atoms with E-state index >= 15 is 0 Å². The lowest BCUT2D eigenvalue weighted by molar-refractivity contribution is 0.0727. The Morgan fingerprint density at radius 1 is 1.33 bits per heavy atom. The summed E-state index contributed by atoms with van der Waals surface area (Å²) >= 11 is 0. The van der Waals surface area contributed by atoms with Gasteiger partial charge in [-0.25, -0.2) is 4.98 Å². The maximum absolute atomic E-state index is 5.81. The normalized spacial score (nSPS) is 18.7. The zero-order valence-electron chi connectivity index (χ0n) is 12.3. The third-order valence-corrected chi connectivity index (χ3v) is 3.46. The lowest BCUT2D eigenvalue weighted by Crippen LogP contribution is -2.15. The average Bonchev–Trinajstić information content (AvgIpc) is 2.98. The van der Waals surface area contributed by atoms with Crippen molar-refractivity contribution in [2.45, 2.75) is 32.6 Å². The fourth-order valence-electron chi connectivity index (χ4n) is 2.39. The van der Waals surface area contributed by atoms with Crippen LogP contribution in [0.1, 0.15) is 37.3 Å². The molecule has 112 valence electrons. The van der Waals surface area contributed by atoms with Gasteiger partial charge in [-0.2, -0.15) is 0 Å². The summed E-state index contributed by atoms with van der Waals surface area (Å²) in [6.07, 6.45) is 2.05. The van der Waals surface area contributed by atoms with Crippen LogP contribution in [0, 0.1) is 6.92 Å². The van der Waals surface area contributed by atoms with Crippen LogP contribution in [0.15, 0.2) is 16.5 Å². The van der Waals surface area contributed by atoms with Crippen LogP contribution in [-0.4, -0.2) is 35.0 Å². The van der Waals surface area contributed by atoms with E-state index in [0.29, 0.717) is 30.9 Å². The molecule has 0 spiro atoms. The highest BCUT2D eigenvalue weighted by Crippen LogP contribution is 2.31. The minimum atomic E-state index is 0.189. The fraction of sp³-hybridized carbons (Fsp3) is 0.533. The van der Waals surface area contributed by atoms with E-state index in [4.69, 9.17) is 13.9 Å². The minimum Gasteiger partial charge on any atom is -0.477 e. The van der Waals surface area contributed by atoms with Gasteiger partial charge in [0, 0.05) is 12.3 Å². The van der Waals surface area contributed by atoms with Gasteiger partial charge in [-0.05, 0) is 38.8 Å². The maximum atomic E-state index is 5.81. The van der Waals surface area contributed by atoms with Gasteiger partial charge in [0.1, 0.15) is 5.56 Å². The first-order valence-corrected chi connectivity index (χ1v) is 7.30. The summed E-state index contributed by atoms with van der Waals surface area (Å²) in [7, 11) is 0. The predicted octanol–water partition coefficient (Wildman–Crippen LogP) is 2.73. The topological polar surface area (TPSA) is 70.3 Å². The van der Waals surface area contributed by atoms with Gasteiger partial charge in [0.2, 0.25) is 11.8 Å². The molecule has 0 aromatic carbocycles. The van der Waals surface area contributed by atoms with Gasteiger partial charge in [-0.15, -0.1) is 10.2 Å². The fourth-order valence-corrected chi connectivity index (χ4v) is 2.39. The molecule has 1 fully saturated rings. The Morgan fingerprint density at radius 2 is 2.24 bits per heavy atom. The second-order valence-corrected chi connectivity index (χ2v) is 5.10. The average molecular weight is 289 g/mol. The van der Waals surface area contributed by atoms with Gasteiger partial charge >= 0.3 is 0 Å². The molecule has 0 N–H and O–H groups in total. The molecular weight excluding hydrogens is 270 g/mol. The summed E-state index contributed by atoms with van der Waals surface area (Å²) in [4.78, 5) is 4.39. The molecule has 1 atom stereocenters. The Hall–Kier alpha value is -1.95. The number of nitrogens with zero attached hydrogens (tertiary/aromatic N) is 3. The number of rotatable bonds is 4. The second-order valence-electron chi connectivity index (χ2n) is 5.10. The first-order valence-electron chi connectivity index (χ1n) is 7.30. The molecule has 1 unspecified atom stereocenters. The Morgan fingerprint density at radius 3 is 3.00 bits per heavy atom. The van der Waals surface area contributed by atoms with E-state index < -0.39 is 0 Å². The van der Waals surface area contributed by atoms with Gasteiger partial charge in [-0.1, -0.05) is 0 Å². The Bertz CT molecular complexity index is 606. The molecule has 6 heteroatoms. The van der Waals surface area contributed by atoms with Crippen molar-refractivity contribution in [2.24, 2.45) is 0 Å². The molecular formula is C15H19N3O3. The van der Waals surface area contributed by atoms with E-state index in [1.165, 1.54) is 0 Å². The van der Waals surface area contributed by atoms with Crippen molar-refractivity contribution in [3.05, 3.63) is 23.7 Å². The van der Waals surface area contributed by atoms with Crippen LogP contribution in [0.5, 0.6) is 5.88 Å². The Labute approximate surface area is 123 Å². The second kappa shape index (κ2) is 6.22. The number of hydrogen-bond acceptors (Lipinski definition) is 6. The smallest absolute Gasteiger partial charge is 0.253 e. The van der Waals surface area contributed by atoms with Crippen LogP contribution in [0.3, 0.4) is 0 Å². The van der Waals surface area contributed by atoms with Gasteiger partial charge < -0.3 is 13.9 Å². The number of pyridine rings is 1. The predicted molar refractivity (Wildman–Crippen MR) is 76.2 cm³/mol. The molecule has 21 heavy (non-hydrogen) atoms. The molecule has 0 bridgehead atoms. The van der Waals surface area contributed by atoms with Crippen LogP contribution in [0.25, 0.3) is 11.5 Å². The Balaban J connectivity index is 1.88. The van der Waals surface area contributed by atoms with Crippen molar-refractivity contribution in [1.29, 1.82) is 0 Å². The summed E-state index contributed by atoms with van der Waals surface area (Å²) < 4.78 is 16.8. The molecule has 0 radical (unpaired) electrons. The van der Waals surface area contributed by atoms with Crippen LogP contribution >= 0.6 is 0 Å². The standard InChI is InChI=1S/C15H19N3O3/c1-3-20-14-12(7-6-10(2)16-14)15-18-17-13(21-15)11-5-4-8-19-9-11/h6-7,11H,3-5,8-9H2,1-2H3. The molecule has 6 nitrogen and oxygen atoms in total. The summed E-state index contributed by atoms with van der Waals surface area (Å²) in [6, 6.07) is 3.81. The first kappa shape index (κ1) is 14.0. The van der Waals surface area contributed by atoms with Gasteiger partial charge in [0.25, 0.3) is 5.89 Å². The van der Waals surface area contributed by atoms with Crippen LogP contribution in [0.4, 0.5) is 0 Å². The molecule has 1 aliphatic rings. The lowest BCUT2D eigenvalue weighted by Gasteiger charge is -2.18. The summed E-state index contributed by atoms with van der Waals surface area (Å²) in [6.45, 7) is 5.85. The molecule has 0 saturated carbocycles. The first-order chi connectivity index (χ1) is 10.3. The van der Waals surface area contributed by atoms with Crippen molar-refractivity contribution < 1.29 is 13.9 Å². The van der Waals surface area contributed by atoms with E-state index in [1.807, 2.05) is 26.0 Å². The van der Waals surface area contributed by atoms with Gasteiger partial charge in [0.05, 0.1) is 19.1 Å². The highest BCUT2D eigenvalue weighted by molar-refractivity contribution is 5.59. The molecule has 3 rings (SSSR count). The van der Waals surface area contributed by atoms with Crippen molar-refractivity contribution in [1.82, 2.24) is 15.2 Å². The van der Waals surface area contributed by atoms with Crippen molar-refractivity contribution >= 4 is 0 Å². The van der Waals surface area contributed by atoms with Crippen LogP contribution < -0.4 is 4.74 Å². The molecule has 0 aliphatic carbocycles. The quantitative estimate of drug-likeness (QED) is 0.862. The third kappa shape index (κ3) is 3.05. The van der Waals surface area contributed by atoms with Gasteiger partial charge in [0.15, 0.2) is 0 Å². The van der Waals surface area contributed by atoms with Gasteiger partial charge in [-0.3, -0.25) is 0 Å². The van der Waals surface area contributed by atoms with E-state index in [0.717, 1.165) is 30.7 Å². The van der Waals surface area contributed by atoms with Crippen molar-refractivity contribution in [3.63, 3.8) is 0 Å². The number of aryl methyl sites for hydroxylation is 1. The lowest BCUT2D eigenvalue weighted by atomic mass is 10.0. The van der Waals surface area contributed by atoms with E-state index in [9.17, 15) is 0 Å². The summed E-state index contributed by atoms with van der Waals surface area (Å²) in [5, 5.41) is 8.30. The molecule has 2 aromatic heterocycles. The number of aromatic nitrogens is 3. The molecule has 1 aliphatic heterocycles. The molecule has 0 amide bonds. The van der Waals surface area contributed by atoms with E-state index in [2.05, 4.69) is 15.2 Å². The van der Waals surface area contributed by atoms with Crippen LogP contribution in [0.2, 0.25) is 0 Å². The minimum absolute atomic E-state index is 0.189. The highest BCUT2D eigenvalue weighted by Gasteiger charge is 2.23. The molecule has 3 heterocycles. The number of hydrogen-bond donors (Lipinski definition) is 0. The van der Waals surface area contributed by atoms with Crippen molar-refractivity contribution in [2.75, 3.05) is 19.8 Å². The highest BCUT2D eigenvalue weighted by atomic mass is 16.5. The van der Waals surface area contributed by atoms with E-state index in [1.54, 1.807) is 0 Å². The summed E-state index contributed by atoms with van der Waals surface area (Å²) in [5.41, 5.74) is 1.63. The maximum Gasteiger partial charge on any atom is 0.253 e. The molecule has 2 aromatic rings. The third-order valence-electron chi connectivity index (χ3n) is 3.46. The zero-order valence-corrected chi connectivity index (χ0v) is 12.3. The molecule has 1 saturated heterocycles. The van der Waals surface area contributed by atoms with Crippen molar-refractivity contribution in [3.8, 4) is 17.3 Å². The Kier molecular flexibility index (Phi) is 4.15. The van der Waals surface area contributed by atoms with Crippen LogP contribution in [-0.2, 0) is 4.74 Å². The van der Waals surface area contributed by atoms with E-state index in [-0.39, 0.29) is 5.92 Å².